The zero-order valence-corrected chi connectivity index (χ0v) is 18.3. The minimum absolute atomic E-state index is 0.0127. The molecule has 158 valence electrons. The molecule has 2 saturated carbocycles. The molecule has 29 heavy (non-hydrogen) atoms. The van der Waals surface area contributed by atoms with Gasteiger partial charge in [-0.25, -0.2) is 4.39 Å². The van der Waals surface area contributed by atoms with E-state index in [0.29, 0.717) is 5.92 Å². The minimum Gasteiger partial charge on any atom is -0.497 e. The second-order valence-corrected chi connectivity index (χ2v) is 9.65. The standard InChI is InChI=1S/C27H37FO/c1-3-19-4-6-20(7-5-19)8-9-21-10-12-22(13-11-21)25-16-14-23-18-24(29-2)15-17-26(23)27(25)28/h14-22H,3-13H2,1-2H3. The third-order valence-corrected chi connectivity index (χ3v) is 8.00. The quantitative estimate of drug-likeness (QED) is 0.477. The molecule has 0 spiro atoms. The van der Waals surface area contributed by atoms with E-state index in [-0.39, 0.29) is 5.82 Å². The summed E-state index contributed by atoms with van der Waals surface area (Å²) >= 11 is 0. The van der Waals surface area contributed by atoms with Gasteiger partial charge in [0, 0.05) is 5.39 Å². The Bertz CT molecular complexity index is 798. The van der Waals surface area contributed by atoms with E-state index in [9.17, 15) is 0 Å². The molecule has 0 aromatic heterocycles. The summed E-state index contributed by atoms with van der Waals surface area (Å²) in [6, 6.07) is 9.74. The highest BCUT2D eigenvalue weighted by Gasteiger charge is 2.26. The minimum atomic E-state index is -0.0127. The highest BCUT2D eigenvalue weighted by molar-refractivity contribution is 5.85. The van der Waals surface area contributed by atoms with E-state index in [2.05, 4.69) is 13.0 Å². The molecular weight excluding hydrogens is 359 g/mol. The van der Waals surface area contributed by atoms with Crippen molar-refractivity contribution in [2.24, 2.45) is 17.8 Å². The van der Waals surface area contributed by atoms with Gasteiger partial charge < -0.3 is 4.74 Å². The first-order chi connectivity index (χ1) is 14.2. The van der Waals surface area contributed by atoms with Gasteiger partial charge in [-0.1, -0.05) is 64.0 Å². The molecule has 2 heteroatoms. The van der Waals surface area contributed by atoms with Crippen LogP contribution in [-0.4, -0.2) is 7.11 Å². The van der Waals surface area contributed by atoms with Gasteiger partial charge in [0.2, 0.25) is 0 Å². The largest absolute Gasteiger partial charge is 0.497 e. The second kappa shape index (κ2) is 9.49. The lowest BCUT2D eigenvalue weighted by molar-refractivity contribution is 0.227. The molecule has 2 aromatic carbocycles. The van der Waals surface area contributed by atoms with Crippen LogP contribution in [0.3, 0.4) is 0 Å². The van der Waals surface area contributed by atoms with Crippen LogP contribution in [0.15, 0.2) is 30.3 Å². The molecule has 0 aliphatic heterocycles. The van der Waals surface area contributed by atoms with Crippen molar-refractivity contribution < 1.29 is 9.13 Å². The molecule has 0 bridgehead atoms. The molecule has 1 nitrogen and oxygen atoms in total. The average molecular weight is 397 g/mol. The highest BCUT2D eigenvalue weighted by atomic mass is 19.1. The van der Waals surface area contributed by atoms with E-state index < -0.39 is 0 Å². The molecule has 2 aromatic rings. The number of ether oxygens (including phenoxy) is 1. The van der Waals surface area contributed by atoms with Gasteiger partial charge in [0.25, 0.3) is 0 Å². The maximum atomic E-state index is 15.2. The van der Waals surface area contributed by atoms with Gasteiger partial charge >= 0.3 is 0 Å². The highest BCUT2D eigenvalue weighted by Crippen LogP contribution is 2.41. The van der Waals surface area contributed by atoms with Crippen molar-refractivity contribution in [2.45, 2.75) is 83.5 Å². The number of hydrogen-bond donors (Lipinski definition) is 0. The average Bonchev–Trinajstić information content (AvgIpc) is 2.78. The molecule has 2 fully saturated rings. The number of methoxy groups -OCH3 is 1. The number of hydrogen-bond acceptors (Lipinski definition) is 1. The molecule has 2 aliphatic carbocycles. The molecule has 4 rings (SSSR count). The monoisotopic (exact) mass is 396 g/mol. The van der Waals surface area contributed by atoms with Crippen LogP contribution >= 0.6 is 0 Å². The molecule has 0 saturated heterocycles. The molecule has 0 radical (unpaired) electrons. The van der Waals surface area contributed by atoms with Gasteiger partial charge in [0.15, 0.2) is 0 Å². The third-order valence-electron chi connectivity index (χ3n) is 8.00. The van der Waals surface area contributed by atoms with E-state index in [4.69, 9.17) is 4.74 Å². The van der Waals surface area contributed by atoms with Crippen molar-refractivity contribution in [3.05, 3.63) is 41.7 Å². The molecule has 2 aliphatic rings. The first-order valence-corrected chi connectivity index (χ1v) is 11.9. The topological polar surface area (TPSA) is 9.23 Å². The van der Waals surface area contributed by atoms with Crippen molar-refractivity contribution in [3.8, 4) is 5.75 Å². The molecule has 0 amide bonds. The van der Waals surface area contributed by atoms with Gasteiger partial charge in [-0.3, -0.25) is 0 Å². The Kier molecular flexibility index (Phi) is 6.77. The summed E-state index contributed by atoms with van der Waals surface area (Å²) in [5.74, 6) is 4.00. The maximum Gasteiger partial charge on any atom is 0.134 e. The summed E-state index contributed by atoms with van der Waals surface area (Å²) in [6.45, 7) is 2.35. The van der Waals surface area contributed by atoms with Crippen LogP contribution in [0.2, 0.25) is 0 Å². The van der Waals surface area contributed by atoms with Crippen molar-refractivity contribution in [1.82, 2.24) is 0 Å². The summed E-state index contributed by atoms with van der Waals surface area (Å²) in [4.78, 5) is 0. The summed E-state index contributed by atoms with van der Waals surface area (Å²) in [7, 11) is 1.65. The normalized spacial score (nSPS) is 27.8. The van der Waals surface area contributed by atoms with Crippen LogP contribution in [0.5, 0.6) is 5.75 Å². The van der Waals surface area contributed by atoms with Gasteiger partial charge in [-0.2, -0.15) is 0 Å². The fourth-order valence-corrected chi connectivity index (χ4v) is 5.89. The fourth-order valence-electron chi connectivity index (χ4n) is 5.89. The zero-order chi connectivity index (χ0) is 20.2. The van der Waals surface area contributed by atoms with Crippen LogP contribution in [0.4, 0.5) is 4.39 Å². The van der Waals surface area contributed by atoms with E-state index in [1.807, 2.05) is 24.3 Å². The van der Waals surface area contributed by atoms with Crippen LogP contribution in [-0.2, 0) is 0 Å². The van der Waals surface area contributed by atoms with Gasteiger partial charge in [-0.05, 0) is 78.5 Å². The summed E-state index contributed by atoms with van der Waals surface area (Å²) in [5.41, 5.74) is 0.930. The van der Waals surface area contributed by atoms with Gasteiger partial charge in [-0.15, -0.1) is 0 Å². The molecule has 0 unspecified atom stereocenters. The lowest BCUT2D eigenvalue weighted by Crippen LogP contribution is -2.18. The van der Waals surface area contributed by atoms with Crippen molar-refractivity contribution in [1.29, 1.82) is 0 Å². The van der Waals surface area contributed by atoms with Crippen LogP contribution in [0.25, 0.3) is 10.8 Å². The van der Waals surface area contributed by atoms with Crippen LogP contribution < -0.4 is 4.74 Å². The van der Waals surface area contributed by atoms with Crippen molar-refractivity contribution in [2.75, 3.05) is 7.11 Å². The third kappa shape index (κ3) is 4.78. The molecule has 0 atom stereocenters. The SMILES string of the molecule is CCC1CCC(CCC2CCC(c3ccc4cc(OC)ccc4c3F)CC2)CC1. The number of halogens is 1. The Morgan fingerprint density at radius 2 is 1.45 bits per heavy atom. The predicted octanol–water partition coefficient (Wildman–Crippen LogP) is 8.26. The molecule has 0 N–H and O–H groups in total. The number of fused-ring (bicyclic) bond motifs is 1. The summed E-state index contributed by atoms with van der Waals surface area (Å²) in [5, 5.41) is 1.66. The van der Waals surface area contributed by atoms with Crippen LogP contribution in [0.1, 0.15) is 89.0 Å². The number of rotatable bonds is 6. The van der Waals surface area contributed by atoms with E-state index in [0.717, 1.165) is 52.7 Å². The smallest absolute Gasteiger partial charge is 0.134 e. The second-order valence-electron chi connectivity index (χ2n) is 9.65. The first kappa shape index (κ1) is 20.7. The maximum absolute atomic E-state index is 15.2. The van der Waals surface area contributed by atoms with Gasteiger partial charge in [0.05, 0.1) is 7.11 Å². The summed E-state index contributed by atoms with van der Waals surface area (Å²) < 4.78 is 20.5. The Morgan fingerprint density at radius 3 is 2.07 bits per heavy atom. The fraction of sp³-hybridized carbons (Fsp3) is 0.630. The zero-order valence-electron chi connectivity index (χ0n) is 18.3. The number of benzene rings is 2. The summed E-state index contributed by atoms with van der Waals surface area (Å²) in [6.07, 6.45) is 14.9. The lowest BCUT2D eigenvalue weighted by atomic mass is 9.74. The predicted molar refractivity (Wildman–Crippen MR) is 120 cm³/mol. The Labute approximate surface area is 176 Å². The van der Waals surface area contributed by atoms with E-state index >= 15 is 4.39 Å². The Hall–Kier alpha value is -1.57. The van der Waals surface area contributed by atoms with Crippen molar-refractivity contribution in [3.63, 3.8) is 0 Å². The van der Waals surface area contributed by atoms with E-state index in [1.165, 1.54) is 57.8 Å². The van der Waals surface area contributed by atoms with Crippen LogP contribution in [0, 0.1) is 23.6 Å². The first-order valence-electron chi connectivity index (χ1n) is 11.9. The van der Waals surface area contributed by atoms with Gasteiger partial charge in [0.1, 0.15) is 11.6 Å². The molecular formula is C27H37FO. The lowest BCUT2D eigenvalue weighted by Gasteiger charge is -2.32. The van der Waals surface area contributed by atoms with Crippen molar-refractivity contribution >= 4 is 10.8 Å². The Balaban J connectivity index is 1.31. The Morgan fingerprint density at radius 1 is 0.828 bits per heavy atom. The van der Waals surface area contributed by atoms with E-state index in [1.54, 1.807) is 7.11 Å². The molecule has 0 heterocycles.